The van der Waals surface area contributed by atoms with Crippen LogP contribution in [0.4, 0.5) is 13.2 Å². The molecular weight excluding hydrogens is 393 g/mol. The maximum atomic E-state index is 12.7. The molecule has 0 bridgehead atoms. The lowest BCUT2D eigenvalue weighted by Gasteiger charge is -2.27. The highest BCUT2D eigenvalue weighted by atomic mass is 19.4. The molecule has 1 aliphatic carbocycles. The van der Waals surface area contributed by atoms with Crippen molar-refractivity contribution < 1.29 is 23.4 Å². The van der Waals surface area contributed by atoms with E-state index in [1.165, 1.54) is 18.3 Å². The van der Waals surface area contributed by atoms with Crippen LogP contribution >= 0.6 is 0 Å². The largest absolute Gasteiger partial charge is 0.506 e. The topological polar surface area (TPSA) is 56.6 Å². The van der Waals surface area contributed by atoms with Gasteiger partial charge in [-0.15, -0.1) is 0 Å². The third-order valence-corrected chi connectivity index (χ3v) is 6.56. The van der Waals surface area contributed by atoms with Crippen molar-refractivity contribution in [2.75, 3.05) is 19.6 Å². The van der Waals surface area contributed by atoms with Crippen molar-refractivity contribution in [1.82, 2.24) is 9.88 Å². The maximum absolute atomic E-state index is 12.7. The SMILES string of the molecule is CC(CN1C[C@@H]2CC(O)(Cc3ccc(C(F)(F)F)cc3)C[C@@H]2C1)c1ccc(O)cn1. The van der Waals surface area contributed by atoms with E-state index in [2.05, 4.69) is 16.8 Å². The highest BCUT2D eigenvalue weighted by Crippen LogP contribution is 2.45. The van der Waals surface area contributed by atoms with Gasteiger partial charge in [-0.2, -0.15) is 13.2 Å². The lowest BCUT2D eigenvalue weighted by Crippen LogP contribution is -2.33. The fourth-order valence-electron chi connectivity index (χ4n) is 5.21. The summed E-state index contributed by atoms with van der Waals surface area (Å²) in [6.07, 6.45) is -1.12. The Balaban J connectivity index is 1.32. The number of aromatic nitrogens is 1. The van der Waals surface area contributed by atoms with E-state index in [0.717, 1.165) is 43.0 Å². The smallest absolute Gasteiger partial charge is 0.416 e. The zero-order valence-corrected chi connectivity index (χ0v) is 16.9. The minimum atomic E-state index is -4.34. The number of rotatable bonds is 5. The second-order valence-electron chi connectivity index (χ2n) is 9.09. The monoisotopic (exact) mass is 420 g/mol. The van der Waals surface area contributed by atoms with Gasteiger partial charge in [-0.05, 0) is 54.5 Å². The van der Waals surface area contributed by atoms with Crippen LogP contribution < -0.4 is 0 Å². The van der Waals surface area contributed by atoms with Crippen molar-refractivity contribution >= 4 is 0 Å². The molecule has 4 nitrogen and oxygen atoms in total. The Morgan fingerprint density at radius 2 is 1.73 bits per heavy atom. The number of hydrogen-bond acceptors (Lipinski definition) is 4. The molecule has 2 N–H and O–H groups in total. The van der Waals surface area contributed by atoms with Gasteiger partial charge in [0.15, 0.2) is 0 Å². The summed E-state index contributed by atoms with van der Waals surface area (Å²) < 4.78 is 38.2. The van der Waals surface area contributed by atoms with E-state index in [-0.39, 0.29) is 11.7 Å². The average molecular weight is 420 g/mol. The number of alkyl halides is 3. The van der Waals surface area contributed by atoms with Gasteiger partial charge in [-0.25, -0.2) is 0 Å². The van der Waals surface area contributed by atoms with Gasteiger partial charge in [-0.1, -0.05) is 19.1 Å². The zero-order chi connectivity index (χ0) is 21.5. The minimum Gasteiger partial charge on any atom is -0.506 e. The van der Waals surface area contributed by atoms with E-state index >= 15 is 0 Å². The number of benzene rings is 1. The Labute approximate surface area is 174 Å². The summed E-state index contributed by atoms with van der Waals surface area (Å²) in [5.41, 5.74) is 0.193. The van der Waals surface area contributed by atoms with Crippen molar-refractivity contribution in [3.05, 3.63) is 59.4 Å². The van der Waals surface area contributed by atoms with Crippen LogP contribution in [-0.2, 0) is 12.6 Å². The maximum Gasteiger partial charge on any atom is 0.416 e. The number of likely N-dealkylation sites (tertiary alicyclic amines) is 1. The third-order valence-electron chi connectivity index (χ3n) is 6.56. The molecule has 0 radical (unpaired) electrons. The number of aromatic hydroxyl groups is 1. The van der Waals surface area contributed by atoms with Crippen LogP contribution in [0.25, 0.3) is 0 Å². The molecule has 2 aromatic rings. The molecule has 4 atom stereocenters. The summed E-state index contributed by atoms with van der Waals surface area (Å²) in [5, 5.41) is 20.5. The molecule has 0 amide bonds. The molecule has 30 heavy (non-hydrogen) atoms. The summed E-state index contributed by atoms with van der Waals surface area (Å²) in [6, 6.07) is 8.64. The molecule has 2 unspecified atom stereocenters. The first kappa shape index (κ1) is 21.1. The predicted molar refractivity (Wildman–Crippen MR) is 107 cm³/mol. The molecule has 162 valence electrons. The van der Waals surface area contributed by atoms with Gasteiger partial charge >= 0.3 is 6.18 Å². The van der Waals surface area contributed by atoms with E-state index in [9.17, 15) is 23.4 Å². The van der Waals surface area contributed by atoms with E-state index in [4.69, 9.17) is 0 Å². The van der Waals surface area contributed by atoms with Gasteiger partial charge in [0.25, 0.3) is 0 Å². The molecule has 0 spiro atoms. The van der Waals surface area contributed by atoms with Gasteiger partial charge in [0.1, 0.15) is 5.75 Å². The molecule has 4 rings (SSSR count). The number of nitrogens with zero attached hydrogens (tertiary/aromatic N) is 2. The Bertz CT molecular complexity index is 854. The highest BCUT2D eigenvalue weighted by Gasteiger charge is 2.48. The van der Waals surface area contributed by atoms with Crippen LogP contribution in [0, 0.1) is 11.8 Å². The molecule has 2 fully saturated rings. The summed E-state index contributed by atoms with van der Waals surface area (Å²) in [4.78, 5) is 6.71. The van der Waals surface area contributed by atoms with E-state index in [0.29, 0.717) is 31.1 Å². The predicted octanol–water partition coefficient (Wildman–Crippen LogP) is 4.23. The van der Waals surface area contributed by atoms with E-state index < -0.39 is 17.3 Å². The van der Waals surface area contributed by atoms with Crippen molar-refractivity contribution in [2.24, 2.45) is 11.8 Å². The molecule has 1 aliphatic heterocycles. The number of fused-ring (bicyclic) bond motifs is 1. The first-order chi connectivity index (χ1) is 14.1. The minimum absolute atomic E-state index is 0.161. The van der Waals surface area contributed by atoms with Crippen molar-refractivity contribution in [3.8, 4) is 5.75 Å². The summed E-state index contributed by atoms with van der Waals surface area (Å²) in [6.45, 7) is 4.83. The van der Waals surface area contributed by atoms with Crippen LogP contribution in [0.1, 0.15) is 42.5 Å². The van der Waals surface area contributed by atoms with Gasteiger partial charge < -0.3 is 15.1 Å². The molecule has 1 aromatic carbocycles. The lowest BCUT2D eigenvalue weighted by atomic mass is 9.91. The van der Waals surface area contributed by atoms with E-state index in [1.807, 2.05) is 6.07 Å². The molecular formula is C23H27F3N2O2. The molecule has 1 aromatic heterocycles. The Hall–Kier alpha value is -2.12. The van der Waals surface area contributed by atoms with Crippen molar-refractivity contribution in [1.29, 1.82) is 0 Å². The van der Waals surface area contributed by atoms with Crippen LogP contribution in [0.15, 0.2) is 42.6 Å². The van der Waals surface area contributed by atoms with Gasteiger partial charge in [0, 0.05) is 37.7 Å². The first-order valence-corrected chi connectivity index (χ1v) is 10.4. The van der Waals surface area contributed by atoms with Crippen LogP contribution in [0.3, 0.4) is 0 Å². The standard InChI is InChI=1S/C23H27F3N2O2/c1-15(21-7-6-20(29)11-27-21)12-28-13-17-9-22(30,10-18(17)14-28)8-16-2-4-19(5-3-16)23(24,25)26/h2-7,11,15,17-18,29-30H,8-10,12-14H2,1H3/t15?,17-,18+,22?. The molecule has 1 saturated heterocycles. The molecule has 7 heteroatoms. The average Bonchev–Trinajstić information content (AvgIpc) is 3.15. The summed E-state index contributed by atoms with van der Waals surface area (Å²) >= 11 is 0. The Morgan fingerprint density at radius 3 is 2.27 bits per heavy atom. The Morgan fingerprint density at radius 1 is 1.10 bits per heavy atom. The van der Waals surface area contributed by atoms with Gasteiger partial charge in [0.2, 0.25) is 0 Å². The number of halogens is 3. The van der Waals surface area contributed by atoms with Crippen LogP contribution in [-0.4, -0.2) is 45.3 Å². The number of pyridine rings is 1. The van der Waals surface area contributed by atoms with Crippen LogP contribution in [0.2, 0.25) is 0 Å². The fourth-order valence-corrected chi connectivity index (χ4v) is 5.21. The quantitative estimate of drug-likeness (QED) is 0.760. The normalized spacial score (nSPS) is 27.9. The van der Waals surface area contributed by atoms with Gasteiger partial charge in [-0.3, -0.25) is 4.98 Å². The summed E-state index contributed by atoms with van der Waals surface area (Å²) in [5.74, 6) is 1.22. The van der Waals surface area contributed by atoms with Gasteiger partial charge in [0.05, 0.1) is 17.4 Å². The number of hydrogen-bond donors (Lipinski definition) is 2. The first-order valence-electron chi connectivity index (χ1n) is 10.4. The Kier molecular flexibility index (Phi) is 5.53. The molecule has 2 aliphatic rings. The van der Waals surface area contributed by atoms with Crippen LogP contribution in [0.5, 0.6) is 5.75 Å². The lowest BCUT2D eigenvalue weighted by molar-refractivity contribution is -0.137. The van der Waals surface area contributed by atoms with Crippen molar-refractivity contribution in [2.45, 2.75) is 43.9 Å². The molecule has 1 saturated carbocycles. The fraction of sp³-hybridized carbons (Fsp3) is 0.522. The second-order valence-corrected chi connectivity index (χ2v) is 9.09. The molecule has 2 heterocycles. The summed E-state index contributed by atoms with van der Waals surface area (Å²) in [7, 11) is 0. The number of aliphatic hydroxyl groups is 1. The highest BCUT2D eigenvalue weighted by molar-refractivity contribution is 5.26. The second kappa shape index (κ2) is 7.85. The van der Waals surface area contributed by atoms with E-state index in [1.54, 1.807) is 6.07 Å². The zero-order valence-electron chi connectivity index (χ0n) is 16.9. The third kappa shape index (κ3) is 4.62. The van der Waals surface area contributed by atoms with Crippen molar-refractivity contribution in [3.63, 3.8) is 0 Å².